The van der Waals surface area contributed by atoms with E-state index in [-0.39, 0.29) is 0 Å². The maximum Gasteiger partial charge on any atom is 0.127 e. The second-order valence-corrected chi connectivity index (χ2v) is 8.44. The van der Waals surface area contributed by atoms with Crippen LogP contribution in [0.1, 0.15) is 17.2 Å². The summed E-state index contributed by atoms with van der Waals surface area (Å²) in [6.07, 6.45) is 1.07. The molecule has 0 bridgehead atoms. The number of benzene rings is 2. The van der Waals surface area contributed by atoms with Crippen molar-refractivity contribution in [3.8, 4) is 11.5 Å². The zero-order valence-electron chi connectivity index (χ0n) is 15.8. The normalized spacial score (nSPS) is 25.0. The third kappa shape index (κ3) is 3.43. The van der Waals surface area contributed by atoms with Gasteiger partial charge in [-0.3, -0.25) is 0 Å². The molecule has 2 aliphatic heterocycles. The molecule has 1 atom stereocenters. The summed E-state index contributed by atoms with van der Waals surface area (Å²) < 4.78 is 11.0. The highest BCUT2D eigenvalue weighted by Crippen LogP contribution is 2.42. The van der Waals surface area contributed by atoms with Crippen LogP contribution in [0.25, 0.3) is 0 Å². The summed E-state index contributed by atoms with van der Waals surface area (Å²) in [6.45, 7) is 4.94. The van der Waals surface area contributed by atoms with Crippen LogP contribution >= 0.6 is 11.8 Å². The van der Waals surface area contributed by atoms with Crippen LogP contribution in [0.5, 0.6) is 11.5 Å². The van der Waals surface area contributed by atoms with E-state index in [0.29, 0.717) is 6.04 Å². The minimum absolute atomic E-state index is 0.482. The number of hydrogen-bond donors (Lipinski definition) is 2. The molecular weight excluding hydrogens is 344 g/mol. The van der Waals surface area contributed by atoms with Gasteiger partial charge < -0.3 is 19.3 Å². The average Bonchev–Trinajstić information content (AvgIpc) is 2.84. The standard InChI is InChI=1S/C21H26N2O2S/c1-22-8-10-23(11-9-22)19-12-15-4-5-17(25-3)14-21(15)26-20-7-6-16(24-2)13-18(19)20/h4-7,13-14,19H,8-12H2,1-3H3/p+2/t19-/m0/s1. The number of rotatable bonds is 3. The lowest BCUT2D eigenvalue weighted by atomic mass is 9.96. The van der Waals surface area contributed by atoms with E-state index in [9.17, 15) is 0 Å². The second-order valence-electron chi connectivity index (χ2n) is 7.35. The first-order chi connectivity index (χ1) is 12.7. The minimum Gasteiger partial charge on any atom is -0.497 e. The SMILES string of the molecule is COc1ccc2c(c1)Sc1ccc(OC)cc1[C@@H]([NH+]1CC[NH+](C)CC1)C2. The second kappa shape index (κ2) is 7.51. The molecule has 0 radical (unpaired) electrons. The molecule has 2 aromatic carbocycles. The van der Waals surface area contributed by atoms with Gasteiger partial charge >= 0.3 is 0 Å². The van der Waals surface area contributed by atoms with Crippen molar-refractivity contribution < 1.29 is 19.3 Å². The van der Waals surface area contributed by atoms with E-state index in [4.69, 9.17) is 9.47 Å². The fraction of sp³-hybridized carbons (Fsp3) is 0.429. The molecule has 1 fully saturated rings. The lowest BCUT2D eigenvalue weighted by Gasteiger charge is -2.33. The van der Waals surface area contributed by atoms with Crippen molar-refractivity contribution in [2.45, 2.75) is 22.3 Å². The molecule has 2 aliphatic rings. The number of nitrogens with one attached hydrogen (secondary N) is 2. The Hall–Kier alpha value is -1.69. The molecule has 0 aliphatic carbocycles. The number of fused-ring (bicyclic) bond motifs is 2. The topological polar surface area (TPSA) is 27.3 Å². The van der Waals surface area contributed by atoms with Gasteiger partial charge in [-0.1, -0.05) is 17.8 Å². The smallest absolute Gasteiger partial charge is 0.127 e. The Kier molecular flexibility index (Phi) is 5.11. The predicted octanol–water partition coefficient (Wildman–Crippen LogP) is 0.865. The first kappa shape index (κ1) is 17.7. The highest BCUT2D eigenvalue weighted by molar-refractivity contribution is 7.99. The van der Waals surface area contributed by atoms with Gasteiger partial charge in [0.25, 0.3) is 0 Å². The van der Waals surface area contributed by atoms with E-state index in [0.717, 1.165) is 17.9 Å². The first-order valence-corrected chi connectivity index (χ1v) is 10.2. The monoisotopic (exact) mass is 372 g/mol. The highest BCUT2D eigenvalue weighted by Gasteiger charge is 2.34. The Balaban J connectivity index is 1.76. The van der Waals surface area contributed by atoms with Crippen molar-refractivity contribution in [3.05, 3.63) is 47.5 Å². The van der Waals surface area contributed by atoms with E-state index in [1.54, 1.807) is 24.0 Å². The molecular formula is C21H28N2O2S+2. The maximum atomic E-state index is 5.54. The Morgan fingerprint density at radius 3 is 2.31 bits per heavy atom. The molecule has 5 heteroatoms. The zero-order valence-corrected chi connectivity index (χ0v) is 16.6. The Morgan fingerprint density at radius 1 is 0.885 bits per heavy atom. The van der Waals surface area contributed by atoms with Gasteiger partial charge in [-0.2, -0.15) is 0 Å². The lowest BCUT2D eigenvalue weighted by Crippen LogP contribution is -3.27. The van der Waals surface area contributed by atoms with Crippen molar-refractivity contribution in [3.63, 3.8) is 0 Å². The van der Waals surface area contributed by atoms with Crippen LogP contribution in [0.4, 0.5) is 0 Å². The quantitative estimate of drug-likeness (QED) is 0.837. The van der Waals surface area contributed by atoms with E-state index in [2.05, 4.69) is 43.4 Å². The summed E-state index contributed by atoms with van der Waals surface area (Å²) in [7, 11) is 5.80. The largest absolute Gasteiger partial charge is 0.497 e. The first-order valence-electron chi connectivity index (χ1n) is 9.36. The van der Waals surface area contributed by atoms with Crippen LogP contribution < -0.4 is 19.3 Å². The van der Waals surface area contributed by atoms with Gasteiger partial charge in [0.2, 0.25) is 0 Å². The molecule has 1 saturated heterocycles. The number of quaternary nitrogens is 2. The van der Waals surface area contributed by atoms with Crippen molar-refractivity contribution in [2.24, 2.45) is 0 Å². The van der Waals surface area contributed by atoms with Crippen LogP contribution in [0.3, 0.4) is 0 Å². The summed E-state index contributed by atoms with van der Waals surface area (Å²) in [6, 6.07) is 13.6. The fourth-order valence-corrected chi connectivity index (χ4v) is 5.25. The van der Waals surface area contributed by atoms with Crippen LogP contribution in [0.15, 0.2) is 46.2 Å². The van der Waals surface area contributed by atoms with Gasteiger partial charge in [0.05, 0.1) is 21.3 Å². The third-order valence-corrected chi connectivity index (χ3v) is 6.94. The summed E-state index contributed by atoms with van der Waals surface area (Å²) in [5, 5.41) is 0. The van der Waals surface area contributed by atoms with Gasteiger partial charge in [0.15, 0.2) is 0 Å². The number of ether oxygens (including phenoxy) is 2. The van der Waals surface area contributed by atoms with Crippen LogP contribution in [-0.4, -0.2) is 47.4 Å². The van der Waals surface area contributed by atoms with E-state index < -0.39 is 0 Å². The molecule has 2 N–H and O–H groups in total. The van der Waals surface area contributed by atoms with Crippen molar-refractivity contribution in [1.29, 1.82) is 0 Å². The van der Waals surface area contributed by atoms with Gasteiger partial charge in [0, 0.05) is 21.8 Å². The van der Waals surface area contributed by atoms with E-state index >= 15 is 0 Å². The predicted molar refractivity (Wildman–Crippen MR) is 104 cm³/mol. The molecule has 0 spiro atoms. The summed E-state index contributed by atoms with van der Waals surface area (Å²) in [4.78, 5) is 6.01. The third-order valence-electron chi connectivity index (χ3n) is 5.75. The maximum absolute atomic E-state index is 5.54. The van der Waals surface area contributed by atoms with Crippen LogP contribution in [-0.2, 0) is 6.42 Å². The Morgan fingerprint density at radius 2 is 1.58 bits per heavy atom. The van der Waals surface area contributed by atoms with Gasteiger partial charge in [0.1, 0.15) is 43.7 Å². The van der Waals surface area contributed by atoms with E-state index in [1.165, 1.54) is 47.1 Å². The Labute approximate surface area is 160 Å². The summed E-state index contributed by atoms with van der Waals surface area (Å²) >= 11 is 1.87. The number of methoxy groups -OCH3 is 2. The molecule has 0 aromatic heterocycles. The van der Waals surface area contributed by atoms with Crippen molar-refractivity contribution in [1.82, 2.24) is 0 Å². The molecule has 138 valence electrons. The molecule has 26 heavy (non-hydrogen) atoms. The molecule has 4 rings (SSSR count). The average molecular weight is 373 g/mol. The number of likely N-dealkylation sites (N-methyl/N-ethyl adjacent to an activating group) is 1. The number of hydrogen-bond acceptors (Lipinski definition) is 3. The molecule has 0 amide bonds. The summed E-state index contributed by atoms with van der Waals surface area (Å²) in [5.41, 5.74) is 2.86. The molecule has 2 aromatic rings. The van der Waals surface area contributed by atoms with Gasteiger partial charge in [-0.25, -0.2) is 0 Å². The minimum atomic E-state index is 0.482. The molecule has 4 nitrogen and oxygen atoms in total. The lowest BCUT2D eigenvalue weighted by molar-refractivity contribution is -1.02. The molecule has 0 unspecified atom stereocenters. The fourth-order valence-electron chi connectivity index (χ4n) is 4.10. The van der Waals surface area contributed by atoms with Crippen LogP contribution in [0.2, 0.25) is 0 Å². The van der Waals surface area contributed by atoms with Crippen molar-refractivity contribution >= 4 is 11.8 Å². The molecule has 2 heterocycles. The summed E-state index contributed by atoms with van der Waals surface area (Å²) in [5.74, 6) is 1.89. The number of piperazine rings is 1. The van der Waals surface area contributed by atoms with Crippen molar-refractivity contribution in [2.75, 3.05) is 47.4 Å². The highest BCUT2D eigenvalue weighted by atomic mass is 32.2. The zero-order chi connectivity index (χ0) is 18.1. The van der Waals surface area contributed by atoms with Crippen LogP contribution in [0, 0.1) is 0 Å². The molecule has 0 saturated carbocycles. The van der Waals surface area contributed by atoms with E-state index in [1.807, 2.05) is 11.8 Å². The van der Waals surface area contributed by atoms with Gasteiger partial charge in [-0.15, -0.1) is 0 Å². The van der Waals surface area contributed by atoms with Gasteiger partial charge in [-0.05, 0) is 35.9 Å². The Bertz CT molecular complexity index is 788.